The van der Waals surface area contributed by atoms with Gasteiger partial charge in [0.2, 0.25) is 0 Å². The van der Waals surface area contributed by atoms with Crippen LogP contribution < -0.4 is 10.5 Å². The fourth-order valence-corrected chi connectivity index (χ4v) is 0.984. The first kappa shape index (κ1) is 11.2. The van der Waals surface area contributed by atoms with Crippen molar-refractivity contribution in [3.05, 3.63) is 23.8 Å². The van der Waals surface area contributed by atoms with E-state index in [9.17, 15) is 13.6 Å². The molecule has 1 aromatic rings. The third kappa shape index (κ3) is 2.80. The molecule has 0 saturated carbocycles. The van der Waals surface area contributed by atoms with Gasteiger partial charge in [0.25, 0.3) is 0 Å². The predicted octanol–water partition coefficient (Wildman–Crippen LogP) is 1.66. The average molecular weight is 217 g/mol. The Morgan fingerprint density at radius 3 is 2.67 bits per heavy atom. The molecule has 2 N–H and O–H groups in total. The molecule has 0 aliphatic rings. The molecular formula is C9H9F2NO3. The van der Waals surface area contributed by atoms with Crippen LogP contribution in [-0.4, -0.2) is 19.7 Å². The molecule has 0 heterocycles. The Balaban J connectivity index is 2.96. The molecule has 0 radical (unpaired) electrons. The normalized spacial score (nSPS) is 10.1. The molecule has 0 aliphatic carbocycles. The fraction of sp³-hybridized carbons (Fsp3) is 0.222. The molecule has 4 nitrogen and oxygen atoms in total. The van der Waals surface area contributed by atoms with E-state index in [1.54, 1.807) is 0 Å². The number of alkyl halides is 2. The van der Waals surface area contributed by atoms with Gasteiger partial charge in [0, 0.05) is 5.69 Å². The van der Waals surface area contributed by atoms with Crippen LogP contribution in [0.4, 0.5) is 14.5 Å². The summed E-state index contributed by atoms with van der Waals surface area (Å²) >= 11 is 0. The van der Waals surface area contributed by atoms with Crippen LogP contribution in [0.2, 0.25) is 0 Å². The van der Waals surface area contributed by atoms with Gasteiger partial charge in [0.05, 0.1) is 12.7 Å². The number of methoxy groups -OCH3 is 1. The fourth-order valence-electron chi connectivity index (χ4n) is 0.984. The monoisotopic (exact) mass is 217 g/mol. The quantitative estimate of drug-likeness (QED) is 0.617. The number of nitrogens with two attached hydrogens (primary N) is 1. The predicted molar refractivity (Wildman–Crippen MR) is 48.8 cm³/mol. The lowest BCUT2D eigenvalue weighted by atomic mass is 10.2. The highest BCUT2D eigenvalue weighted by Crippen LogP contribution is 2.20. The van der Waals surface area contributed by atoms with Crippen LogP contribution in [-0.2, 0) is 4.74 Å². The minimum Gasteiger partial charge on any atom is -0.497 e. The highest BCUT2D eigenvalue weighted by atomic mass is 19.3. The second kappa shape index (κ2) is 4.59. The maximum atomic E-state index is 11.8. The van der Waals surface area contributed by atoms with Crippen molar-refractivity contribution in [3.63, 3.8) is 0 Å². The molecule has 1 aromatic carbocycles. The summed E-state index contributed by atoms with van der Waals surface area (Å²) < 4.78 is 32.1. The number of esters is 1. The molecular weight excluding hydrogens is 208 g/mol. The Morgan fingerprint density at radius 1 is 1.47 bits per heavy atom. The Morgan fingerprint density at radius 2 is 2.13 bits per heavy atom. The summed E-state index contributed by atoms with van der Waals surface area (Å²) in [5.74, 6) is -0.841. The molecule has 15 heavy (non-hydrogen) atoms. The van der Waals surface area contributed by atoms with Crippen molar-refractivity contribution < 1.29 is 23.0 Å². The molecule has 0 aromatic heterocycles. The zero-order valence-corrected chi connectivity index (χ0v) is 7.87. The Kier molecular flexibility index (Phi) is 3.43. The van der Waals surface area contributed by atoms with E-state index < -0.39 is 12.6 Å². The second-order valence-corrected chi connectivity index (χ2v) is 2.62. The molecule has 6 heteroatoms. The third-order valence-corrected chi connectivity index (χ3v) is 1.68. The molecule has 0 saturated heterocycles. The Labute approximate surface area is 84.6 Å². The van der Waals surface area contributed by atoms with Crippen LogP contribution in [0.15, 0.2) is 18.2 Å². The Bertz CT molecular complexity index is 368. The summed E-state index contributed by atoms with van der Waals surface area (Å²) in [6.45, 7) is -3.16. The van der Waals surface area contributed by atoms with Gasteiger partial charge >= 0.3 is 12.6 Å². The van der Waals surface area contributed by atoms with Crippen molar-refractivity contribution in [2.45, 2.75) is 6.61 Å². The van der Waals surface area contributed by atoms with Gasteiger partial charge < -0.3 is 15.2 Å². The number of nitrogen functional groups attached to an aromatic ring is 1. The molecule has 0 unspecified atom stereocenters. The number of hydrogen-bond acceptors (Lipinski definition) is 4. The smallest absolute Gasteiger partial charge is 0.389 e. The van der Waals surface area contributed by atoms with E-state index in [0.29, 0.717) is 5.75 Å². The highest BCUT2D eigenvalue weighted by molar-refractivity contribution is 5.95. The SMILES string of the molecule is COc1ccc(N)c(C(=O)OC(F)F)c1. The van der Waals surface area contributed by atoms with Gasteiger partial charge in [-0.25, -0.2) is 4.79 Å². The molecule has 0 amide bonds. The van der Waals surface area contributed by atoms with Gasteiger partial charge in [-0.3, -0.25) is 0 Å². The van der Waals surface area contributed by atoms with E-state index in [0.717, 1.165) is 0 Å². The standard InChI is InChI=1S/C9H9F2NO3/c1-14-5-2-3-7(12)6(4-5)8(13)15-9(10)11/h2-4,9H,12H2,1H3. The number of benzene rings is 1. The number of ether oxygens (including phenoxy) is 2. The van der Waals surface area contributed by atoms with Crippen molar-refractivity contribution in [2.24, 2.45) is 0 Å². The first-order valence-corrected chi connectivity index (χ1v) is 3.97. The van der Waals surface area contributed by atoms with Gasteiger partial charge in [-0.15, -0.1) is 0 Å². The van der Waals surface area contributed by atoms with Crippen LogP contribution in [0.25, 0.3) is 0 Å². The maximum Gasteiger partial charge on any atom is 0.389 e. The van der Waals surface area contributed by atoms with Crippen LogP contribution in [0, 0.1) is 0 Å². The van der Waals surface area contributed by atoms with Gasteiger partial charge in [-0.05, 0) is 18.2 Å². The number of halogens is 2. The second-order valence-electron chi connectivity index (χ2n) is 2.62. The number of rotatable bonds is 3. The summed E-state index contributed by atoms with van der Waals surface area (Å²) in [4.78, 5) is 11.1. The van der Waals surface area contributed by atoms with Gasteiger partial charge in [0.15, 0.2) is 0 Å². The van der Waals surface area contributed by atoms with Gasteiger partial charge in [-0.2, -0.15) is 8.78 Å². The van der Waals surface area contributed by atoms with E-state index in [-0.39, 0.29) is 11.3 Å². The van der Waals surface area contributed by atoms with E-state index in [1.807, 2.05) is 0 Å². The maximum absolute atomic E-state index is 11.8. The topological polar surface area (TPSA) is 61.5 Å². The first-order valence-electron chi connectivity index (χ1n) is 3.97. The van der Waals surface area contributed by atoms with Gasteiger partial charge in [-0.1, -0.05) is 0 Å². The Hall–Kier alpha value is -1.85. The van der Waals surface area contributed by atoms with Crippen LogP contribution in [0.3, 0.4) is 0 Å². The van der Waals surface area contributed by atoms with E-state index in [1.165, 1.54) is 25.3 Å². The van der Waals surface area contributed by atoms with Crippen LogP contribution >= 0.6 is 0 Å². The number of carbonyl (C=O) groups is 1. The molecule has 0 fully saturated rings. The number of carbonyl (C=O) groups excluding carboxylic acids is 1. The summed E-state index contributed by atoms with van der Waals surface area (Å²) in [5, 5.41) is 0. The van der Waals surface area contributed by atoms with E-state index in [2.05, 4.69) is 4.74 Å². The average Bonchev–Trinajstić information content (AvgIpc) is 2.17. The lowest BCUT2D eigenvalue weighted by Crippen LogP contribution is -2.11. The van der Waals surface area contributed by atoms with E-state index in [4.69, 9.17) is 10.5 Å². The molecule has 0 atom stereocenters. The first-order chi connectivity index (χ1) is 7.04. The lowest BCUT2D eigenvalue weighted by Gasteiger charge is -2.07. The van der Waals surface area contributed by atoms with Crippen LogP contribution in [0.5, 0.6) is 5.75 Å². The molecule has 0 aliphatic heterocycles. The summed E-state index contributed by atoms with van der Waals surface area (Å²) in [5.41, 5.74) is 5.33. The van der Waals surface area contributed by atoms with Crippen molar-refractivity contribution in [1.82, 2.24) is 0 Å². The van der Waals surface area contributed by atoms with Crippen molar-refractivity contribution in [2.75, 3.05) is 12.8 Å². The largest absolute Gasteiger partial charge is 0.497 e. The van der Waals surface area contributed by atoms with Crippen molar-refractivity contribution in [3.8, 4) is 5.75 Å². The molecule has 1 rings (SSSR count). The van der Waals surface area contributed by atoms with Crippen LogP contribution in [0.1, 0.15) is 10.4 Å². The van der Waals surface area contributed by atoms with Crippen molar-refractivity contribution in [1.29, 1.82) is 0 Å². The minimum absolute atomic E-state index is 0.0569. The third-order valence-electron chi connectivity index (χ3n) is 1.68. The summed E-state index contributed by atoms with van der Waals surface area (Å²) in [7, 11) is 1.38. The number of hydrogen-bond donors (Lipinski definition) is 1. The summed E-state index contributed by atoms with van der Waals surface area (Å²) in [6.07, 6.45) is 0. The zero-order chi connectivity index (χ0) is 11.4. The molecule has 0 spiro atoms. The van der Waals surface area contributed by atoms with Crippen molar-refractivity contribution >= 4 is 11.7 Å². The number of anilines is 1. The van der Waals surface area contributed by atoms with Gasteiger partial charge in [0.1, 0.15) is 5.75 Å². The summed E-state index contributed by atoms with van der Waals surface area (Å²) in [6, 6.07) is 4.12. The highest BCUT2D eigenvalue weighted by Gasteiger charge is 2.16. The molecule has 82 valence electrons. The molecule has 0 bridgehead atoms. The van der Waals surface area contributed by atoms with E-state index >= 15 is 0 Å². The zero-order valence-electron chi connectivity index (χ0n) is 7.87. The minimum atomic E-state index is -3.16. The lowest BCUT2D eigenvalue weighted by molar-refractivity contribution is -0.0905.